The zero-order valence-electron chi connectivity index (χ0n) is 14.6. The van der Waals surface area contributed by atoms with E-state index in [4.69, 9.17) is 4.74 Å². The fraction of sp³-hybridized carbons (Fsp3) is 0.588. The summed E-state index contributed by atoms with van der Waals surface area (Å²) in [7, 11) is 4.12. The first-order chi connectivity index (χ1) is 11.0. The molecule has 23 heavy (non-hydrogen) atoms. The van der Waals surface area contributed by atoms with Gasteiger partial charge in [-0.25, -0.2) is 9.38 Å². The number of rotatable bonds is 9. The van der Waals surface area contributed by atoms with Crippen molar-refractivity contribution < 1.29 is 9.13 Å². The molecule has 1 atom stereocenters. The van der Waals surface area contributed by atoms with Crippen molar-refractivity contribution in [2.45, 2.75) is 26.4 Å². The van der Waals surface area contributed by atoms with Crippen molar-refractivity contribution in [3.8, 4) is 5.75 Å². The van der Waals surface area contributed by atoms with E-state index >= 15 is 0 Å². The number of guanidine groups is 1. The van der Waals surface area contributed by atoms with Crippen molar-refractivity contribution in [1.29, 1.82) is 0 Å². The number of nitrogens with zero attached hydrogens (tertiary/aromatic N) is 2. The van der Waals surface area contributed by atoms with Crippen molar-refractivity contribution >= 4 is 5.96 Å². The van der Waals surface area contributed by atoms with Crippen LogP contribution in [-0.2, 0) is 0 Å². The van der Waals surface area contributed by atoms with Crippen LogP contribution in [0.4, 0.5) is 4.39 Å². The van der Waals surface area contributed by atoms with Gasteiger partial charge in [0, 0.05) is 19.2 Å². The molecule has 0 radical (unpaired) electrons. The van der Waals surface area contributed by atoms with Crippen LogP contribution in [0, 0.1) is 5.82 Å². The molecule has 0 fully saturated rings. The van der Waals surface area contributed by atoms with Crippen molar-refractivity contribution in [1.82, 2.24) is 15.5 Å². The van der Waals surface area contributed by atoms with Crippen molar-refractivity contribution in [3.63, 3.8) is 0 Å². The SMILES string of the molecule is CCNC(=NCC(C)Oc1cccc(F)c1)NCCCN(C)C. The fourth-order valence-electron chi connectivity index (χ4n) is 1.97. The van der Waals surface area contributed by atoms with Crippen LogP contribution in [0.3, 0.4) is 0 Å². The molecule has 1 aromatic rings. The fourth-order valence-corrected chi connectivity index (χ4v) is 1.97. The highest BCUT2D eigenvalue weighted by Crippen LogP contribution is 2.13. The molecule has 1 unspecified atom stereocenters. The summed E-state index contributed by atoms with van der Waals surface area (Å²) in [4.78, 5) is 6.66. The van der Waals surface area contributed by atoms with Gasteiger partial charge in [-0.2, -0.15) is 0 Å². The van der Waals surface area contributed by atoms with Crippen molar-refractivity contribution in [2.24, 2.45) is 4.99 Å². The second-order valence-electron chi connectivity index (χ2n) is 5.69. The molecule has 0 aliphatic rings. The van der Waals surface area contributed by atoms with Gasteiger partial charge in [-0.05, 0) is 53.0 Å². The van der Waals surface area contributed by atoms with Crippen molar-refractivity contribution in [2.75, 3.05) is 40.3 Å². The predicted octanol–water partition coefficient (Wildman–Crippen LogP) is 2.10. The van der Waals surface area contributed by atoms with Crippen LogP contribution in [0.5, 0.6) is 5.75 Å². The maximum absolute atomic E-state index is 13.1. The first-order valence-corrected chi connectivity index (χ1v) is 8.10. The van der Waals surface area contributed by atoms with E-state index in [1.807, 2.05) is 13.8 Å². The lowest BCUT2D eigenvalue weighted by Crippen LogP contribution is -2.39. The lowest BCUT2D eigenvalue weighted by Gasteiger charge is -2.16. The molecule has 1 aromatic carbocycles. The number of ether oxygens (including phenoxy) is 1. The topological polar surface area (TPSA) is 48.9 Å². The quantitative estimate of drug-likeness (QED) is 0.415. The van der Waals surface area contributed by atoms with E-state index in [1.165, 1.54) is 12.1 Å². The van der Waals surface area contributed by atoms with Gasteiger partial charge in [-0.1, -0.05) is 6.07 Å². The van der Waals surface area contributed by atoms with Gasteiger partial charge in [0.25, 0.3) is 0 Å². The number of nitrogens with one attached hydrogen (secondary N) is 2. The Morgan fingerprint density at radius 2 is 2.13 bits per heavy atom. The molecule has 2 N–H and O–H groups in total. The van der Waals surface area contributed by atoms with Crippen LogP contribution < -0.4 is 15.4 Å². The average Bonchev–Trinajstić information content (AvgIpc) is 2.48. The first-order valence-electron chi connectivity index (χ1n) is 8.10. The maximum Gasteiger partial charge on any atom is 0.191 e. The molecule has 5 nitrogen and oxygen atoms in total. The van der Waals surface area contributed by atoms with Gasteiger partial charge >= 0.3 is 0 Å². The molecule has 0 heterocycles. The van der Waals surface area contributed by atoms with Gasteiger partial charge in [0.05, 0.1) is 6.54 Å². The monoisotopic (exact) mass is 324 g/mol. The molecule has 6 heteroatoms. The first kappa shape index (κ1) is 19.2. The van der Waals surface area contributed by atoms with Crippen LogP contribution in [-0.4, -0.2) is 57.2 Å². The molecule has 0 aromatic heterocycles. The summed E-state index contributed by atoms with van der Waals surface area (Å²) in [5.74, 6) is 1.01. The molecule has 0 amide bonds. The second kappa shape index (κ2) is 10.8. The Bertz CT molecular complexity index is 479. The Morgan fingerprint density at radius 1 is 1.35 bits per heavy atom. The molecular weight excluding hydrogens is 295 g/mol. The maximum atomic E-state index is 13.1. The van der Waals surface area contributed by atoms with Crippen LogP contribution in [0.1, 0.15) is 20.3 Å². The highest BCUT2D eigenvalue weighted by molar-refractivity contribution is 5.79. The van der Waals surface area contributed by atoms with E-state index in [9.17, 15) is 4.39 Å². The Balaban J connectivity index is 2.42. The normalized spacial score (nSPS) is 13.0. The van der Waals surface area contributed by atoms with Crippen LogP contribution in [0.25, 0.3) is 0 Å². The smallest absolute Gasteiger partial charge is 0.191 e. The molecule has 0 spiro atoms. The zero-order chi connectivity index (χ0) is 17.1. The number of aliphatic imine (C=N–C) groups is 1. The van der Waals surface area contributed by atoms with Crippen molar-refractivity contribution in [3.05, 3.63) is 30.1 Å². The standard InChI is InChI=1S/C17H29FN4O/c1-5-19-17(20-10-7-11-22(3)4)21-13-14(2)23-16-9-6-8-15(18)12-16/h6,8-9,12,14H,5,7,10-11,13H2,1-4H3,(H2,19,20,21). The van der Waals surface area contributed by atoms with Gasteiger partial charge in [0.15, 0.2) is 5.96 Å². The molecule has 0 saturated carbocycles. The largest absolute Gasteiger partial charge is 0.489 e. The van der Waals surface area contributed by atoms with Gasteiger partial charge in [0.1, 0.15) is 17.7 Å². The molecular formula is C17H29FN4O. The summed E-state index contributed by atoms with van der Waals surface area (Å²) >= 11 is 0. The lowest BCUT2D eigenvalue weighted by molar-refractivity contribution is 0.229. The van der Waals surface area contributed by atoms with E-state index in [2.05, 4.69) is 34.6 Å². The van der Waals surface area contributed by atoms with Gasteiger partial charge in [0.2, 0.25) is 0 Å². The summed E-state index contributed by atoms with van der Waals surface area (Å²) in [6, 6.07) is 6.16. The minimum absolute atomic E-state index is 0.131. The van der Waals surface area contributed by atoms with E-state index in [0.29, 0.717) is 12.3 Å². The highest BCUT2D eigenvalue weighted by Gasteiger charge is 2.05. The van der Waals surface area contributed by atoms with Crippen LogP contribution in [0.2, 0.25) is 0 Å². The Labute approximate surface area is 138 Å². The minimum atomic E-state index is -0.297. The Morgan fingerprint density at radius 3 is 2.78 bits per heavy atom. The average molecular weight is 324 g/mol. The van der Waals surface area contributed by atoms with E-state index in [1.54, 1.807) is 12.1 Å². The molecule has 0 aliphatic carbocycles. The second-order valence-corrected chi connectivity index (χ2v) is 5.69. The summed E-state index contributed by atoms with van der Waals surface area (Å²) < 4.78 is 18.8. The lowest BCUT2D eigenvalue weighted by atomic mass is 10.3. The third-order valence-electron chi connectivity index (χ3n) is 3.06. The molecule has 0 aliphatic heterocycles. The summed E-state index contributed by atoms with van der Waals surface area (Å²) in [5.41, 5.74) is 0. The Kier molecular flexibility index (Phi) is 9.05. The minimum Gasteiger partial charge on any atom is -0.489 e. The highest BCUT2D eigenvalue weighted by atomic mass is 19.1. The van der Waals surface area contributed by atoms with Crippen LogP contribution in [0.15, 0.2) is 29.3 Å². The molecule has 0 bridgehead atoms. The number of benzene rings is 1. The third kappa shape index (κ3) is 9.03. The predicted molar refractivity (Wildman–Crippen MR) is 93.6 cm³/mol. The molecule has 130 valence electrons. The van der Waals surface area contributed by atoms with Crippen LogP contribution >= 0.6 is 0 Å². The van der Waals surface area contributed by atoms with Gasteiger partial charge in [-0.15, -0.1) is 0 Å². The summed E-state index contributed by atoms with van der Waals surface area (Å²) in [6.07, 6.45) is 0.918. The number of hydrogen-bond acceptors (Lipinski definition) is 3. The number of halogens is 1. The summed E-state index contributed by atoms with van der Waals surface area (Å²) in [6.45, 7) is 7.15. The third-order valence-corrected chi connectivity index (χ3v) is 3.06. The van der Waals surface area contributed by atoms with E-state index in [-0.39, 0.29) is 11.9 Å². The Hall–Kier alpha value is -1.82. The molecule has 0 saturated heterocycles. The van der Waals surface area contributed by atoms with Gasteiger partial charge < -0.3 is 20.3 Å². The van der Waals surface area contributed by atoms with E-state index < -0.39 is 0 Å². The number of hydrogen-bond donors (Lipinski definition) is 2. The summed E-state index contributed by atoms with van der Waals surface area (Å²) in [5, 5.41) is 6.51. The van der Waals surface area contributed by atoms with Gasteiger partial charge in [-0.3, -0.25) is 0 Å². The van der Waals surface area contributed by atoms with E-state index in [0.717, 1.165) is 32.0 Å². The molecule has 1 rings (SSSR count). The zero-order valence-corrected chi connectivity index (χ0v) is 14.6.